The first-order valence-corrected chi connectivity index (χ1v) is 8.76. The monoisotopic (exact) mass is 286 g/mol. The molecule has 2 nitrogen and oxygen atoms in total. The summed E-state index contributed by atoms with van der Waals surface area (Å²) in [7, 11) is 0. The quantitative estimate of drug-likeness (QED) is 0.690. The molecule has 0 radical (unpaired) electrons. The Balaban J connectivity index is 1.61. The lowest BCUT2D eigenvalue weighted by Crippen LogP contribution is -2.41. The number of fused-ring (bicyclic) bond motifs is 5. The normalized spacial score (nSPS) is 47.6. The van der Waals surface area contributed by atoms with Crippen molar-refractivity contribution in [2.45, 2.75) is 58.0 Å². The van der Waals surface area contributed by atoms with Gasteiger partial charge in [-0.05, 0) is 86.7 Å². The van der Waals surface area contributed by atoms with Gasteiger partial charge in [-0.25, -0.2) is 0 Å². The average Bonchev–Trinajstić information content (AvgIpc) is 2.81. The fraction of sp³-hybridized carbons (Fsp3) is 0.737. The highest BCUT2D eigenvalue weighted by molar-refractivity contribution is 5.91. The fourth-order valence-electron chi connectivity index (χ4n) is 6.09. The summed E-state index contributed by atoms with van der Waals surface area (Å²) in [5.41, 5.74) is 2.77. The van der Waals surface area contributed by atoms with Gasteiger partial charge in [-0.1, -0.05) is 11.6 Å². The van der Waals surface area contributed by atoms with E-state index >= 15 is 0 Å². The molecule has 2 heteroatoms. The Labute approximate surface area is 127 Å². The molecule has 1 N–H and O–H groups in total. The number of ketones is 1. The Morgan fingerprint density at radius 1 is 1.05 bits per heavy atom. The molecule has 0 aromatic carbocycles. The van der Waals surface area contributed by atoms with Crippen LogP contribution in [0.5, 0.6) is 0 Å². The summed E-state index contributed by atoms with van der Waals surface area (Å²) in [5.74, 6) is 3.93. The molecule has 3 saturated carbocycles. The maximum Gasteiger partial charge on any atom is 0.155 e. The minimum absolute atomic E-state index is 0.186. The molecule has 4 aliphatic rings. The second-order valence-corrected chi connectivity index (χ2v) is 7.58. The van der Waals surface area contributed by atoms with Gasteiger partial charge in [0, 0.05) is 6.42 Å². The molecule has 0 amide bonds. The number of carbonyl (C=O) groups is 1. The van der Waals surface area contributed by atoms with Gasteiger partial charge < -0.3 is 5.11 Å². The van der Waals surface area contributed by atoms with E-state index in [4.69, 9.17) is 0 Å². The third-order valence-corrected chi connectivity index (χ3v) is 6.88. The number of aliphatic hydroxyl groups is 1. The highest BCUT2D eigenvalue weighted by Crippen LogP contribution is 2.57. The molecule has 0 aliphatic heterocycles. The molecule has 0 aromatic heterocycles. The maximum atomic E-state index is 11.7. The second kappa shape index (κ2) is 5.08. The molecule has 0 bridgehead atoms. The second-order valence-electron chi connectivity index (χ2n) is 7.58. The van der Waals surface area contributed by atoms with Crippen LogP contribution in [0.1, 0.15) is 51.9 Å². The van der Waals surface area contributed by atoms with Crippen LogP contribution in [0.3, 0.4) is 0 Å². The molecule has 0 aromatic rings. The van der Waals surface area contributed by atoms with Gasteiger partial charge in [0.15, 0.2) is 5.78 Å². The predicted molar refractivity (Wildman–Crippen MR) is 82.6 cm³/mol. The van der Waals surface area contributed by atoms with E-state index in [-0.39, 0.29) is 6.10 Å². The van der Waals surface area contributed by atoms with Crippen LogP contribution >= 0.6 is 0 Å². The number of rotatable bonds is 0. The zero-order valence-electron chi connectivity index (χ0n) is 12.9. The van der Waals surface area contributed by atoms with Gasteiger partial charge in [0.25, 0.3) is 0 Å². The third kappa shape index (κ3) is 2.06. The van der Waals surface area contributed by atoms with E-state index < -0.39 is 0 Å². The van der Waals surface area contributed by atoms with Crippen LogP contribution in [0, 0.1) is 29.6 Å². The number of hydrogen-bond donors (Lipinski definition) is 1. The first-order valence-electron chi connectivity index (χ1n) is 8.76. The van der Waals surface area contributed by atoms with Gasteiger partial charge in [0.05, 0.1) is 6.10 Å². The summed E-state index contributed by atoms with van der Waals surface area (Å²) >= 11 is 0. The van der Waals surface area contributed by atoms with Gasteiger partial charge in [0.1, 0.15) is 0 Å². The Bertz CT molecular complexity index is 516. The molecular weight excluding hydrogens is 260 g/mol. The van der Waals surface area contributed by atoms with E-state index in [1.807, 2.05) is 6.08 Å². The van der Waals surface area contributed by atoms with Crippen LogP contribution in [-0.2, 0) is 4.79 Å². The van der Waals surface area contributed by atoms with E-state index in [0.717, 1.165) is 37.5 Å². The molecule has 21 heavy (non-hydrogen) atoms. The Kier molecular flexibility index (Phi) is 3.33. The molecule has 0 heterocycles. The lowest BCUT2D eigenvalue weighted by molar-refractivity contribution is -0.115. The molecule has 114 valence electrons. The first kappa shape index (κ1) is 13.8. The predicted octanol–water partition coefficient (Wildman–Crippen LogP) is 3.66. The van der Waals surface area contributed by atoms with Crippen molar-refractivity contribution in [3.05, 3.63) is 23.3 Å². The van der Waals surface area contributed by atoms with E-state index in [0.29, 0.717) is 23.5 Å². The van der Waals surface area contributed by atoms with Crippen LogP contribution in [0.4, 0.5) is 0 Å². The van der Waals surface area contributed by atoms with Crippen molar-refractivity contribution in [1.29, 1.82) is 0 Å². The van der Waals surface area contributed by atoms with Gasteiger partial charge >= 0.3 is 0 Å². The van der Waals surface area contributed by atoms with Gasteiger partial charge in [-0.2, -0.15) is 0 Å². The Morgan fingerprint density at radius 2 is 1.90 bits per heavy atom. The summed E-state index contributed by atoms with van der Waals surface area (Å²) in [4.78, 5) is 11.7. The topological polar surface area (TPSA) is 37.3 Å². The number of hydrogen-bond acceptors (Lipinski definition) is 2. The van der Waals surface area contributed by atoms with Crippen molar-refractivity contribution in [1.82, 2.24) is 0 Å². The fourth-order valence-corrected chi connectivity index (χ4v) is 6.09. The largest absolute Gasteiger partial charge is 0.389 e. The number of aliphatic hydroxyl groups excluding tert-OH is 1. The van der Waals surface area contributed by atoms with Crippen molar-refractivity contribution in [3.8, 4) is 0 Å². The minimum atomic E-state index is -0.186. The highest BCUT2D eigenvalue weighted by Gasteiger charge is 2.50. The molecule has 3 fully saturated rings. The van der Waals surface area contributed by atoms with Crippen LogP contribution in [0.2, 0.25) is 0 Å². The van der Waals surface area contributed by atoms with Crippen molar-refractivity contribution >= 4 is 5.78 Å². The number of allylic oxidation sites excluding steroid dienone is 2. The summed E-state index contributed by atoms with van der Waals surface area (Å²) in [6.07, 6.45) is 11.7. The zero-order valence-corrected chi connectivity index (χ0v) is 12.9. The van der Waals surface area contributed by atoms with Gasteiger partial charge in [-0.15, -0.1) is 0 Å². The van der Waals surface area contributed by atoms with Crippen molar-refractivity contribution < 1.29 is 9.90 Å². The first-order chi connectivity index (χ1) is 10.2. The van der Waals surface area contributed by atoms with Crippen LogP contribution in [-0.4, -0.2) is 17.0 Å². The summed E-state index contributed by atoms with van der Waals surface area (Å²) in [6.45, 7) is 2.08. The Morgan fingerprint density at radius 3 is 2.71 bits per heavy atom. The minimum Gasteiger partial charge on any atom is -0.389 e. The standard InChI is InChI=1S/C19H26O2/c1-2-13-15-7-8-16-14-6-4-12(20)9-11(14)3-5-17(16)18(15)10-19(13)21/h2,9,14-19,21H,3-8,10H2,1H3. The lowest BCUT2D eigenvalue weighted by atomic mass is 9.56. The van der Waals surface area contributed by atoms with E-state index in [1.54, 1.807) is 0 Å². The molecule has 4 rings (SSSR count). The van der Waals surface area contributed by atoms with Gasteiger partial charge in [0.2, 0.25) is 0 Å². The highest BCUT2D eigenvalue weighted by atomic mass is 16.3. The Hall–Kier alpha value is -0.890. The lowest BCUT2D eigenvalue weighted by Gasteiger charge is -2.49. The molecule has 6 unspecified atom stereocenters. The molecule has 0 spiro atoms. The molecule has 4 aliphatic carbocycles. The molecular formula is C19H26O2. The summed E-state index contributed by atoms with van der Waals surface area (Å²) in [6, 6.07) is 0. The van der Waals surface area contributed by atoms with Crippen molar-refractivity contribution in [2.24, 2.45) is 29.6 Å². The van der Waals surface area contributed by atoms with Gasteiger partial charge in [-0.3, -0.25) is 4.79 Å². The van der Waals surface area contributed by atoms with Crippen molar-refractivity contribution in [3.63, 3.8) is 0 Å². The van der Waals surface area contributed by atoms with E-state index in [2.05, 4.69) is 13.0 Å². The smallest absolute Gasteiger partial charge is 0.155 e. The molecule has 6 atom stereocenters. The maximum absolute atomic E-state index is 11.7. The molecule has 0 saturated heterocycles. The number of carbonyl (C=O) groups excluding carboxylic acids is 1. The van der Waals surface area contributed by atoms with Crippen LogP contribution in [0.15, 0.2) is 23.3 Å². The SMILES string of the molecule is CC=C1C(O)CC2C1CCC1C3CCC(=O)C=C3CCC12. The van der Waals surface area contributed by atoms with Crippen molar-refractivity contribution in [2.75, 3.05) is 0 Å². The summed E-state index contributed by atoms with van der Waals surface area (Å²) < 4.78 is 0. The average molecular weight is 286 g/mol. The van der Waals surface area contributed by atoms with E-state index in [9.17, 15) is 9.90 Å². The van der Waals surface area contributed by atoms with Crippen LogP contribution in [0.25, 0.3) is 0 Å². The van der Waals surface area contributed by atoms with Crippen LogP contribution < -0.4 is 0 Å². The summed E-state index contributed by atoms with van der Waals surface area (Å²) in [5, 5.41) is 10.4. The zero-order chi connectivity index (χ0) is 14.6. The van der Waals surface area contributed by atoms with E-state index in [1.165, 1.54) is 30.4 Å². The third-order valence-electron chi connectivity index (χ3n) is 6.88.